The standard InChI is InChI=1S/C6H15N.BBr3/c1-5(2)7-6(3)4;2-1(3)4/h5-7H,1-4H3;. The predicted octanol–water partition coefficient (Wildman–Crippen LogP) is 3.55. The Balaban J connectivity index is 0. The number of hydrogen-bond acceptors (Lipinski definition) is 1. The van der Waals surface area contributed by atoms with Crippen LogP contribution in [0.4, 0.5) is 0 Å². The zero-order chi connectivity index (χ0) is 9.44. The maximum atomic E-state index is 3.31. The third-order valence-electron chi connectivity index (χ3n) is 0.667. The van der Waals surface area contributed by atoms with Crippen LogP contribution in [-0.4, -0.2) is 15.3 Å². The maximum Gasteiger partial charge on any atom is 0.369 e. The van der Waals surface area contributed by atoms with Crippen molar-refractivity contribution >= 4 is 50.5 Å². The van der Waals surface area contributed by atoms with Gasteiger partial charge in [0.2, 0.25) is 0 Å². The van der Waals surface area contributed by atoms with E-state index >= 15 is 0 Å². The van der Waals surface area contributed by atoms with Gasteiger partial charge in [-0.25, -0.2) is 0 Å². The highest BCUT2D eigenvalue weighted by Crippen LogP contribution is 2.07. The molecule has 0 heterocycles. The van der Waals surface area contributed by atoms with E-state index in [4.69, 9.17) is 0 Å². The van der Waals surface area contributed by atoms with Gasteiger partial charge in [-0.2, -0.15) is 0 Å². The molecule has 1 nitrogen and oxygen atoms in total. The van der Waals surface area contributed by atoms with E-state index in [9.17, 15) is 0 Å². The Morgan fingerprint density at radius 3 is 1.09 bits per heavy atom. The van der Waals surface area contributed by atoms with Crippen molar-refractivity contribution in [2.24, 2.45) is 0 Å². The van der Waals surface area contributed by atoms with Crippen LogP contribution in [0.15, 0.2) is 0 Å². The smallest absolute Gasteiger partial charge is 0.312 e. The number of hydrogen-bond donors (Lipinski definition) is 1. The van der Waals surface area contributed by atoms with Crippen LogP contribution in [0.3, 0.4) is 0 Å². The summed E-state index contributed by atoms with van der Waals surface area (Å²) < 4.78 is 0.271. The van der Waals surface area contributed by atoms with Crippen molar-refractivity contribution in [1.82, 2.24) is 5.32 Å². The second-order valence-electron chi connectivity index (χ2n) is 2.72. The van der Waals surface area contributed by atoms with Gasteiger partial charge in [0.25, 0.3) is 0 Å². The summed E-state index contributed by atoms with van der Waals surface area (Å²) in [6.45, 7) is 8.61. The summed E-state index contributed by atoms with van der Waals surface area (Å²) in [5.41, 5.74) is 0. The Labute approximate surface area is 95.1 Å². The molecule has 0 fully saturated rings. The molecule has 0 aromatic heterocycles. The van der Waals surface area contributed by atoms with Gasteiger partial charge < -0.3 is 5.32 Å². The second-order valence-corrected chi connectivity index (χ2v) is 9.16. The summed E-state index contributed by atoms with van der Waals surface area (Å²) in [6.07, 6.45) is 0. The Morgan fingerprint density at radius 2 is 1.09 bits per heavy atom. The average Bonchev–Trinajstić information content (AvgIpc) is 1.56. The van der Waals surface area contributed by atoms with E-state index in [-0.39, 0.29) is 3.18 Å². The number of halogens is 3. The molecule has 0 aromatic rings. The first-order valence-electron chi connectivity index (χ1n) is 3.54. The highest BCUT2D eigenvalue weighted by molar-refractivity contribution is 9.69. The van der Waals surface area contributed by atoms with Gasteiger partial charge in [0.05, 0.1) is 0 Å². The van der Waals surface area contributed by atoms with Gasteiger partial charge in [0.15, 0.2) is 0 Å². The summed E-state index contributed by atoms with van der Waals surface area (Å²) in [5.74, 6) is 0. The lowest BCUT2D eigenvalue weighted by atomic mass is 10.3. The fourth-order valence-corrected chi connectivity index (χ4v) is 0.667. The molecule has 0 rings (SSSR count). The molecule has 0 radical (unpaired) electrons. The van der Waals surface area contributed by atoms with Crippen LogP contribution in [0.1, 0.15) is 27.7 Å². The van der Waals surface area contributed by atoms with E-state index < -0.39 is 0 Å². The second kappa shape index (κ2) is 9.55. The minimum Gasteiger partial charge on any atom is -0.312 e. The molecule has 68 valence electrons. The molecule has 0 spiro atoms. The summed E-state index contributed by atoms with van der Waals surface area (Å²) in [5, 5.41) is 3.31. The van der Waals surface area contributed by atoms with Crippen molar-refractivity contribution in [2.45, 2.75) is 39.8 Å². The van der Waals surface area contributed by atoms with Crippen LogP contribution in [0.2, 0.25) is 0 Å². The van der Waals surface area contributed by atoms with Crippen molar-refractivity contribution in [3.63, 3.8) is 0 Å². The highest BCUT2D eigenvalue weighted by Gasteiger charge is 1.92. The largest absolute Gasteiger partial charge is 0.369 e. The van der Waals surface area contributed by atoms with E-state index in [1.807, 2.05) is 0 Å². The van der Waals surface area contributed by atoms with Crippen LogP contribution in [0, 0.1) is 0 Å². The van der Waals surface area contributed by atoms with Crippen LogP contribution in [0.25, 0.3) is 0 Å². The highest BCUT2D eigenvalue weighted by atomic mass is 79.9. The summed E-state index contributed by atoms with van der Waals surface area (Å²) >= 11 is 9.31. The summed E-state index contributed by atoms with van der Waals surface area (Å²) in [7, 11) is 0. The van der Waals surface area contributed by atoms with E-state index in [0.29, 0.717) is 12.1 Å². The molecule has 0 bridgehead atoms. The summed E-state index contributed by atoms with van der Waals surface area (Å²) in [4.78, 5) is 0. The van der Waals surface area contributed by atoms with Crippen LogP contribution >= 0.6 is 47.3 Å². The first-order valence-corrected chi connectivity index (χ1v) is 6.29. The van der Waals surface area contributed by atoms with E-state index in [0.717, 1.165) is 0 Å². The zero-order valence-corrected chi connectivity index (χ0v) is 12.1. The first kappa shape index (κ1) is 15.0. The predicted molar refractivity (Wildman–Crippen MR) is 65.9 cm³/mol. The Kier molecular flexibility index (Phi) is 13.0. The molecule has 0 unspecified atom stereocenters. The topological polar surface area (TPSA) is 12.0 Å². The third kappa shape index (κ3) is 34.4. The first-order chi connectivity index (χ1) is 4.86. The molecule has 0 saturated heterocycles. The molecular weight excluding hydrogens is 337 g/mol. The van der Waals surface area contributed by atoms with Gasteiger partial charge >= 0.3 is 3.18 Å². The number of rotatable bonds is 2. The van der Waals surface area contributed by atoms with Crippen LogP contribution in [0.5, 0.6) is 0 Å². The fourth-order valence-electron chi connectivity index (χ4n) is 0.667. The van der Waals surface area contributed by atoms with Gasteiger partial charge in [-0.3, -0.25) is 0 Å². The monoisotopic (exact) mass is 349 g/mol. The molecule has 0 atom stereocenters. The van der Waals surface area contributed by atoms with Gasteiger partial charge in [-0.05, 0) is 0 Å². The Bertz CT molecular complexity index is 69.5. The van der Waals surface area contributed by atoms with Crippen molar-refractivity contribution in [3.05, 3.63) is 0 Å². The van der Waals surface area contributed by atoms with Gasteiger partial charge in [-0.1, -0.05) is 27.7 Å². The molecule has 0 aliphatic rings. The van der Waals surface area contributed by atoms with Crippen LogP contribution < -0.4 is 5.32 Å². The average molecular weight is 352 g/mol. The van der Waals surface area contributed by atoms with Crippen molar-refractivity contribution in [3.8, 4) is 0 Å². The van der Waals surface area contributed by atoms with E-state index in [1.54, 1.807) is 0 Å². The van der Waals surface area contributed by atoms with Crippen molar-refractivity contribution < 1.29 is 0 Å². The molecule has 0 aromatic carbocycles. The van der Waals surface area contributed by atoms with E-state index in [2.05, 4.69) is 80.3 Å². The number of nitrogens with one attached hydrogen (secondary N) is 1. The third-order valence-corrected chi connectivity index (χ3v) is 0.667. The quantitative estimate of drug-likeness (QED) is 0.750. The zero-order valence-electron chi connectivity index (χ0n) is 7.37. The maximum absolute atomic E-state index is 3.31. The van der Waals surface area contributed by atoms with Gasteiger partial charge in [-0.15, -0.1) is 47.3 Å². The van der Waals surface area contributed by atoms with Crippen LogP contribution in [-0.2, 0) is 0 Å². The molecule has 0 aliphatic carbocycles. The Morgan fingerprint density at radius 1 is 0.909 bits per heavy atom. The SMILES string of the molecule is BrB(Br)Br.CC(C)NC(C)C. The van der Waals surface area contributed by atoms with Crippen molar-refractivity contribution in [1.29, 1.82) is 0 Å². The molecule has 0 saturated carbocycles. The normalized spacial score (nSPS) is 9.55. The summed E-state index contributed by atoms with van der Waals surface area (Å²) in [6, 6.07) is 1.25. The minimum atomic E-state index is 0.271. The van der Waals surface area contributed by atoms with E-state index in [1.165, 1.54) is 0 Å². The molecule has 0 amide bonds. The van der Waals surface area contributed by atoms with Gasteiger partial charge in [0, 0.05) is 12.1 Å². The lowest BCUT2D eigenvalue weighted by Crippen LogP contribution is -2.29. The fraction of sp³-hybridized carbons (Fsp3) is 1.00. The molecule has 0 aliphatic heterocycles. The molecule has 11 heavy (non-hydrogen) atoms. The lowest BCUT2D eigenvalue weighted by molar-refractivity contribution is 0.518. The lowest BCUT2D eigenvalue weighted by Gasteiger charge is -2.10. The Hall–Kier alpha value is 1.46. The van der Waals surface area contributed by atoms with Gasteiger partial charge in [0.1, 0.15) is 0 Å². The van der Waals surface area contributed by atoms with Crippen molar-refractivity contribution in [2.75, 3.05) is 0 Å². The molecule has 5 heteroatoms. The molecular formula is C6H15BBr3N. The minimum absolute atomic E-state index is 0.271. The molecule has 1 N–H and O–H groups in total.